The van der Waals surface area contributed by atoms with Gasteiger partial charge >= 0.3 is 0 Å². The summed E-state index contributed by atoms with van der Waals surface area (Å²) in [4.78, 5) is 0. The molecule has 5 aliphatic rings. The van der Waals surface area contributed by atoms with E-state index >= 15 is 0 Å². The van der Waals surface area contributed by atoms with Crippen LogP contribution in [0.1, 0.15) is 51.9 Å². The maximum absolute atomic E-state index is 4.42. The summed E-state index contributed by atoms with van der Waals surface area (Å²) in [5.74, 6) is 2.39. The van der Waals surface area contributed by atoms with Crippen LogP contribution in [0.5, 0.6) is 0 Å². The first kappa shape index (κ1) is 22.9. The van der Waals surface area contributed by atoms with Crippen LogP contribution < -0.4 is 0 Å². The number of hydrogen-bond acceptors (Lipinski definition) is 0. The van der Waals surface area contributed by atoms with Crippen LogP contribution in [0.3, 0.4) is 0 Å². The zero-order valence-corrected chi connectivity index (χ0v) is 20.7. The second-order valence-electron chi connectivity index (χ2n) is 10.9. The van der Waals surface area contributed by atoms with Crippen LogP contribution in [0.2, 0.25) is 0 Å². The minimum absolute atomic E-state index is 0.334. The maximum Gasteiger partial charge on any atom is 0.0267 e. The number of hydrogen-bond donors (Lipinski definition) is 0. The normalized spacial score (nSPS) is 29.4. The van der Waals surface area contributed by atoms with Gasteiger partial charge in [0, 0.05) is 11.8 Å². The fourth-order valence-electron chi connectivity index (χ4n) is 6.15. The van der Waals surface area contributed by atoms with Crippen LogP contribution in [-0.2, 0) is 0 Å². The van der Waals surface area contributed by atoms with Gasteiger partial charge in [-0.15, -0.1) is 0 Å². The Kier molecular flexibility index (Phi) is 6.59. The molecule has 0 bridgehead atoms. The molecule has 0 saturated heterocycles. The molecule has 1 fully saturated rings. The first-order valence-electron chi connectivity index (χ1n) is 13.1. The molecule has 34 heavy (non-hydrogen) atoms. The molecule has 0 radical (unpaired) electrons. The minimum Gasteiger partial charge on any atom is -0.0999 e. The molecule has 2 atom stereocenters. The monoisotopic (exact) mass is 446 g/mol. The van der Waals surface area contributed by atoms with Gasteiger partial charge in [0.2, 0.25) is 0 Å². The quantitative estimate of drug-likeness (QED) is 0.342. The van der Waals surface area contributed by atoms with E-state index in [9.17, 15) is 0 Å². The highest BCUT2D eigenvalue weighted by Gasteiger charge is 2.25. The Morgan fingerprint density at radius 1 is 0.882 bits per heavy atom. The zero-order valence-electron chi connectivity index (χ0n) is 20.7. The van der Waals surface area contributed by atoms with Gasteiger partial charge in [-0.1, -0.05) is 103 Å². The lowest BCUT2D eigenvalue weighted by Crippen LogP contribution is -2.16. The summed E-state index contributed by atoms with van der Waals surface area (Å²) in [6.07, 6.45) is 33.9. The van der Waals surface area contributed by atoms with E-state index in [0.29, 0.717) is 11.8 Å². The van der Waals surface area contributed by atoms with Crippen LogP contribution in [0.15, 0.2) is 131 Å². The summed E-state index contributed by atoms with van der Waals surface area (Å²) in [6, 6.07) is 0. The SMILES string of the molecule is C=C(CCC1=CC2C=C(CC3CCC(C(=C)C)CC3)C=CC2=C1)C1=CC(=C)C2C=CC=CC2=C1. The summed E-state index contributed by atoms with van der Waals surface area (Å²) >= 11 is 0. The molecule has 5 aliphatic carbocycles. The van der Waals surface area contributed by atoms with Gasteiger partial charge in [-0.05, 0) is 91.6 Å². The topological polar surface area (TPSA) is 0 Å². The molecular formula is C34H38. The Morgan fingerprint density at radius 3 is 2.47 bits per heavy atom. The predicted octanol–water partition coefficient (Wildman–Crippen LogP) is 9.24. The van der Waals surface area contributed by atoms with Crippen molar-refractivity contribution in [3.8, 4) is 0 Å². The van der Waals surface area contributed by atoms with E-state index in [2.05, 4.69) is 93.5 Å². The molecule has 0 N–H and O–H groups in total. The van der Waals surface area contributed by atoms with Crippen molar-refractivity contribution in [2.75, 3.05) is 0 Å². The second-order valence-corrected chi connectivity index (χ2v) is 10.9. The van der Waals surface area contributed by atoms with Crippen LogP contribution in [0.25, 0.3) is 0 Å². The summed E-state index contributed by atoms with van der Waals surface area (Å²) in [7, 11) is 0. The number of allylic oxidation sites excluding steroid dienone is 19. The molecule has 0 aromatic heterocycles. The van der Waals surface area contributed by atoms with Gasteiger partial charge in [0.1, 0.15) is 0 Å². The van der Waals surface area contributed by atoms with Crippen molar-refractivity contribution in [3.05, 3.63) is 131 Å². The predicted molar refractivity (Wildman–Crippen MR) is 147 cm³/mol. The van der Waals surface area contributed by atoms with Crippen molar-refractivity contribution >= 4 is 0 Å². The summed E-state index contributed by atoms with van der Waals surface area (Å²) < 4.78 is 0. The average molecular weight is 447 g/mol. The van der Waals surface area contributed by atoms with E-state index in [-0.39, 0.29) is 0 Å². The Hall–Kier alpha value is -2.86. The van der Waals surface area contributed by atoms with Gasteiger partial charge < -0.3 is 0 Å². The highest BCUT2D eigenvalue weighted by molar-refractivity contribution is 5.57. The van der Waals surface area contributed by atoms with E-state index < -0.39 is 0 Å². The Balaban J connectivity index is 1.16. The van der Waals surface area contributed by atoms with Gasteiger partial charge in [0.15, 0.2) is 0 Å². The number of fused-ring (bicyclic) bond motifs is 2. The Labute approximate surface area is 206 Å². The summed E-state index contributed by atoms with van der Waals surface area (Å²) in [5.41, 5.74) is 10.8. The molecule has 0 amide bonds. The van der Waals surface area contributed by atoms with Crippen molar-refractivity contribution in [2.45, 2.75) is 51.9 Å². The summed E-state index contributed by atoms with van der Waals surface area (Å²) in [5, 5.41) is 0. The second kappa shape index (κ2) is 9.79. The fourth-order valence-corrected chi connectivity index (χ4v) is 6.15. The summed E-state index contributed by atoms with van der Waals surface area (Å²) in [6.45, 7) is 15.1. The Morgan fingerprint density at radius 2 is 1.68 bits per heavy atom. The maximum atomic E-state index is 4.42. The molecular weight excluding hydrogens is 408 g/mol. The van der Waals surface area contributed by atoms with Crippen LogP contribution >= 0.6 is 0 Å². The minimum atomic E-state index is 0.334. The van der Waals surface area contributed by atoms with Gasteiger partial charge in [0.05, 0.1) is 0 Å². The highest BCUT2D eigenvalue weighted by Crippen LogP contribution is 2.40. The lowest BCUT2D eigenvalue weighted by Gasteiger charge is -2.29. The first-order valence-corrected chi connectivity index (χ1v) is 13.1. The van der Waals surface area contributed by atoms with Crippen molar-refractivity contribution in [3.63, 3.8) is 0 Å². The zero-order chi connectivity index (χ0) is 23.7. The van der Waals surface area contributed by atoms with Crippen LogP contribution in [0, 0.1) is 23.7 Å². The van der Waals surface area contributed by atoms with Gasteiger partial charge in [0.25, 0.3) is 0 Å². The van der Waals surface area contributed by atoms with E-state index in [1.165, 1.54) is 76.7 Å². The molecule has 0 nitrogen and oxygen atoms in total. The largest absolute Gasteiger partial charge is 0.0999 e. The van der Waals surface area contributed by atoms with E-state index in [0.717, 1.165) is 24.7 Å². The van der Waals surface area contributed by atoms with Gasteiger partial charge in [-0.25, -0.2) is 0 Å². The van der Waals surface area contributed by atoms with Crippen molar-refractivity contribution in [2.24, 2.45) is 23.7 Å². The molecule has 5 rings (SSSR count). The smallest absolute Gasteiger partial charge is 0.0267 e. The van der Waals surface area contributed by atoms with Crippen molar-refractivity contribution in [1.82, 2.24) is 0 Å². The fraction of sp³-hybridized carbons (Fsp3) is 0.353. The molecule has 0 aromatic carbocycles. The third kappa shape index (κ3) is 4.97. The molecule has 0 spiro atoms. The molecule has 1 saturated carbocycles. The van der Waals surface area contributed by atoms with E-state index in [4.69, 9.17) is 0 Å². The van der Waals surface area contributed by atoms with E-state index in [1.54, 1.807) is 0 Å². The van der Waals surface area contributed by atoms with E-state index in [1.807, 2.05) is 0 Å². The molecule has 174 valence electrons. The molecule has 0 heteroatoms. The first-order chi connectivity index (χ1) is 16.5. The lowest BCUT2D eigenvalue weighted by atomic mass is 9.76. The van der Waals surface area contributed by atoms with Crippen molar-refractivity contribution in [1.29, 1.82) is 0 Å². The highest BCUT2D eigenvalue weighted by atomic mass is 14.3. The molecule has 2 unspecified atom stereocenters. The van der Waals surface area contributed by atoms with Crippen molar-refractivity contribution < 1.29 is 0 Å². The van der Waals surface area contributed by atoms with Crippen LogP contribution in [-0.4, -0.2) is 0 Å². The molecule has 0 aromatic rings. The molecule has 0 heterocycles. The third-order valence-electron chi connectivity index (χ3n) is 8.33. The van der Waals surface area contributed by atoms with Gasteiger partial charge in [-0.2, -0.15) is 0 Å². The third-order valence-corrected chi connectivity index (χ3v) is 8.33. The average Bonchev–Trinajstić information content (AvgIpc) is 3.25. The van der Waals surface area contributed by atoms with Crippen LogP contribution in [0.4, 0.5) is 0 Å². The van der Waals surface area contributed by atoms with Gasteiger partial charge in [-0.3, -0.25) is 0 Å². The lowest BCUT2D eigenvalue weighted by molar-refractivity contribution is 0.301. The number of rotatable bonds is 7. The molecule has 0 aliphatic heterocycles. The standard InChI is InChI=1S/C34H38/c1-23(2)29-14-11-26(12-15-29)18-27-13-16-30-19-28(21-33(30)20-27)10-9-24(3)32-17-25(4)34-8-6-5-7-31(34)22-32/h5-8,13,16-17,19-22,26,29,33-34H,1,3-4,9-12,14-15,18H2,2H3. The Bertz CT molecular complexity index is 1140.